The number of H-pyrrole nitrogens is 1. The number of fused-ring (bicyclic) bond motifs is 1. The lowest BCUT2D eigenvalue weighted by atomic mass is 10.3. The molecule has 1 N–H and O–H groups in total. The molecule has 2 aromatic carbocycles. The summed E-state index contributed by atoms with van der Waals surface area (Å²) in [5, 5.41) is 0. The molecule has 0 aliphatic heterocycles. The number of thioether (sulfide) groups is 2. The number of rotatable bonds is 3. The molecule has 0 radical (unpaired) electrons. The molecule has 0 bridgehead atoms. The maximum absolute atomic E-state index is 12.2. The van der Waals surface area contributed by atoms with E-state index >= 15 is 0 Å². The molecule has 5 heteroatoms. The van der Waals surface area contributed by atoms with Crippen molar-refractivity contribution in [2.45, 2.75) is 9.79 Å². The van der Waals surface area contributed by atoms with Gasteiger partial charge in [0.15, 0.2) is 0 Å². The van der Waals surface area contributed by atoms with Crippen molar-refractivity contribution >= 4 is 34.6 Å². The van der Waals surface area contributed by atoms with Gasteiger partial charge in [0.2, 0.25) is 0 Å². The van der Waals surface area contributed by atoms with E-state index in [4.69, 9.17) is 0 Å². The summed E-state index contributed by atoms with van der Waals surface area (Å²) in [4.78, 5) is 17.4. The number of benzene rings is 2. The van der Waals surface area contributed by atoms with Crippen LogP contribution in [0.3, 0.4) is 0 Å². The molecule has 0 fully saturated rings. The molecule has 3 aromatic rings. The third-order valence-electron chi connectivity index (χ3n) is 3.22. The molecule has 0 amide bonds. The van der Waals surface area contributed by atoms with E-state index in [-0.39, 0.29) is 5.69 Å². The van der Waals surface area contributed by atoms with Crippen LogP contribution >= 0.6 is 23.5 Å². The van der Waals surface area contributed by atoms with Gasteiger partial charge in [-0.2, -0.15) is 0 Å². The van der Waals surface area contributed by atoms with Crippen molar-refractivity contribution in [1.29, 1.82) is 0 Å². The Morgan fingerprint density at radius 2 is 1.60 bits per heavy atom. The molecule has 0 unspecified atom stereocenters. The standard InChI is InChI=1S/C15H14N2OS2/c1-19-11-5-3-10(4-6-11)17-14-9-12(20-2)7-8-13(14)16-15(17)18/h3-9H,1-2H3,(H,16,18). The van der Waals surface area contributed by atoms with Gasteiger partial charge in [-0.05, 0) is 55.0 Å². The highest BCUT2D eigenvalue weighted by Crippen LogP contribution is 2.23. The largest absolute Gasteiger partial charge is 0.331 e. The van der Waals surface area contributed by atoms with Crippen molar-refractivity contribution in [2.75, 3.05) is 12.5 Å². The van der Waals surface area contributed by atoms with E-state index in [9.17, 15) is 4.79 Å². The normalized spacial score (nSPS) is 11.1. The van der Waals surface area contributed by atoms with Gasteiger partial charge in [-0.1, -0.05) is 0 Å². The Morgan fingerprint density at radius 3 is 2.25 bits per heavy atom. The van der Waals surface area contributed by atoms with Crippen molar-refractivity contribution < 1.29 is 0 Å². The van der Waals surface area contributed by atoms with E-state index in [0.717, 1.165) is 21.6 Å². The van der Waals surface area contributed by atoms with E-state index < -0.39 is 0 Å². The third kappa shape index (κ3) is 2.27. The fourth-order valence-corrected chi connectivity index (χ4v) is 3.04. The summed E-state index contributed by atoms with van der Waals surface area (Å²) in [7, 11) is 0. The summed E-state index contributed by atoms with van der Waals surface area (Å²) >= 11 is 3.36. The fourth-order valence-electron chi connectivity index (χ4n) is 2.20. The van der Waals surface area contributed by atoms with Gasteiger partial charge in [0.1, 0.15) is 0 Å². The summed E-state index contributed by atoms with van der Waals surface area (Å²) in [6.07, 6.45) is 4.07. The average Bonchev–Trinajstić information content (AvgIpc) is 2.82. The van der Waals surface area contributed by atoms with Crippen LogP contribution in [0.5, 0.6) is 0 Å². The number of hydrogen-bond donors (Lipinski definition) is 1. The Labute approximate surface area is 125 Å². The molecule has 0 spiro atoms. The molecule has 20 heavy (non-hydrogen) atoms. The Kier molecular flexibility index (Phi) is 3.63. The average molecular weight is 302 g/mol. The first-order chi connectivity index (χ1) is 9.72. The second-order valence-corrected chi connectivity index (χ2v) is 6.11. The van der Waals surface area contributed by atoms with Gasteiger partial charge in [0.05, 0.1) is 16.7 Å². The first-order valence-electron chi connectivity index (χ1n) is 6.16. The number of imidazole rings is 1. The minimum absolute atomic E-state index is 0.102. The molecular weight excluding hydrogens is 288 g/mol. The van der Waals surface area contributed by atoms with Crippen LogP contribution in [-0.2, 0) is 0 Å². The van der Waals surface area contributed by atoms with Gasteiger partial charge in [0, 0.05) is 9.79 Å². The first-order valence-corrected chi connectivity index (χ1v) is 8.61. The maximum Gasteiger partial charge on any atom is 0.331 e. The van der Waals surface area contributed by atoms with Crippen LogP contribution < -0.4 is 5.69 Å². The molecule has 3 nitrogen and oxygen atoms in total. The maximum atomic E-state index is 12.2. The lowest BCUT2D eigenvalue weighted by Crippen LogP contribution is -2.14. The highest BCUT2D eigenvalue weighted by Gasteiger charge is 2.09. The monoisotopic (exact) mass is 302 g/mol. The van der Waals surface area contributed by atoms with Crippen LogP contribution in [0.4, 0.5) is 0 Å². The minimum Gasteiger partial charge on any atom is -0.305 e. The quantitative estimate of drug-likeness (QED) is 0.749. The number of aromatic amines is 1. The van der Waals surface area contributed by atoms with Gasteiger partial charge in [-0.25, -0.2) is 4.79 Å². The molecule has 0 saturated carbocycles. The van der Waals surface area contributed by atoms with Crippen molar-refractivity contribution in [1.82, 2.24) is 9.55 Å². The lowest BCUT2D eigenvalue weighted by Gasteiger charge is -2.05. The van der Waals surface area contributed by atoms with Crippen LogP contribution in [-0.4, -0.2) is 22.1 Å². The Balaban J connectivity index is 2.23. The summed E-state index contributed by atoms with van der Waals surface area (Å²) in [6.45, 7) is 0. The van der Waals surface area contributed by atoms with Crippen LogP contribution in [0.25, 0.3) is 16.7 Å². The molecule has 3 rings (SSSR count). The highest BCUT2D eigenvalue weighted by atomic mass is 32.2. The van der Waals surface area contributed by atoms with E-state index in [1.165, 1.54) is 4.90 Å². The van der Waals surface area contributed by atoms with Crippen LogP contribution in [0.2, 0.25) is 0 Å². The number of nitrogens with zero attached hydrogens (tertiary/aromatic N) is 1. The smallest absolute Gasteiger partial charge is 0.305 e. The summed E-state index contributed by atoms with van der Waals surface area (Å²) in [5.41, 5.74) is 2.56. The predicted molar refractivity (Wildman–Crippen MR) is 87.5 cm³/mol. The van der Waals surface area contributed by atoms with Crippen molar-refractivity contribution in [2.24, 2.45) is 0 Å². The van der Waals surface area contributed by atoms with E-state index in [2.05, 4.69) is 4.98 Å². The van der Waals surface area contributed by atoms with Crippen LogP contribution in [0.15, 0.2) is 57.1 Å². The SMILES string of the molecule is CSc1ccc(-n2c(=O)[nH]c3ccc(SC)cc32)cc1. The summed E-state index contributed by atoms with van der Waals surface area (Å²) in [6, 6.07) is 14.0. The Bertz CT molecular complexity index is 803. The predicted octanol–water partition coefficient (Wildman–Crippen LogP) is 3.76. The summed E-state index contributed by atoms with van der Waals surface area (Å²) in [5.74, 6) is 0. The second kappa shape index (κ2) is 5.42. The van der Waals surface area contributed by atoms with Crippen molar-refractivity contribution in [3.8, 4) is 5.69 Å². The lowest BCUT2D eigenvalue weighted by molar-refractivity contribution is 1.01. The van der Waals surface area contributed by atoms with Gasteiger partial charge >= 0.3 is 5.69 Å². The van der Waals surface area contributed by atoms with Crippen LogP contribution in [0, 0.1) is 0 Å². The second-order valence-electron chi connectivity index (χ2n) is 4.35. The first kappa shape index (κ1) is 13.4. The third-order valence-corrected chi connectivity index (χ3v) is 4.69. The number of aromatic nitrogens is 2. The van der Waals surface area contributed by atoms with E-state index in [1.807, 2.05) is 55.0 Å². The van der Waals surface area contributed by atoms with Crippen LogP contribution in [0.1, 0.15) is 0 Å². The molecule has 0 aliphatic rings. The van der Waals surface area contributed by atoms with Crippen molar-refractivity contribution in [3.05, 3.63) is 52.9 Å². The number of hydrogen-bond acceptors (Lipinski definition) is 3. The molecule has 102 valence electrons. The van der Waals surface area contributed by atoms with Gasteiger partial charge in [0.25, 0.3) is 0 Å². The Morgan fingerprint density at radius 1 is 0.950 bits per heavy atom. The molecule has 1 aromatic heterocycles. The zero-order valence-corrected chi connectivity index (χ0v) is 12.8. The van der Waals surface area contributed by atoms with E-state index in [1.54, 1.807) is 28.1 Å². The van der Waals surface area contributed by atoms with Crippen molar-refractivity contribution in [3.63, 3.8) is 0 Å². The molecule has 0 atom stereocenters. The molecule has 0 aliphatic carbocycles. The van der Waals surface area contributed by atoms with Gasteiger partial charge < -0.3 is 4.98 Å². The van der Waals surface area contributed by atoms with E-state index in [0.29, 0.717) is 0 Å². The zero-order chi connectivity index (χ0) is 14.1. The molecular formula is C15H14N2OS2. The number of nitrogens with one attached hydrogen (secondary N) is 1. The van der Waals surface area contributed by atoms with Gasteiger partial charge in [-0.3, -0.25) is 4.57 Å². The fraction of sp³-hybridized carbons (Fsp3) is 0.133. The topological polar surface area (TPSA) is 37.8 Å². The zero-order valence-electron chi connectivity index (χ0n) is 11.2. The van der Waals surface area contributed by atoms with Gasteiger partial charge in [-0.15, -0.1) is 23.5 Å². The summed E-state index contributed by atoms with van der Waals surface area (Å²) < 4.78 is 1.72. The molecule has 1 heterocycles. The molecule has 0 saturated heterocycles. The minimum atomic E-state index is -0.102. The highest BCUT2D eigenvalue weighted by molar-refractivity contribution is 7.98. The Hall–Kier alpha value is -1.59.